The zero-order valence-corrected chi connectivity index (χ0v) is 12.7. The molecule has 2 nitrogen and oxygen atoms in total. The molecular formula is C16H16ClNOS. The van der Waals surface area contributed by atoms with Gasteiger partial charge in [-0.1, -0.05) is 23.7 Å². The SMILES string of the molecule is O=C(NCCc1ccc(Cl)cc1)c1cc2c(s1)CCC2. The molecule has 0 aliphatic heterocycles. The van der Waals surface area contributed by atoms with Crippen LogP contribution < -0.4 is 5.32 Å². The van der Waals surface area contributed by atoms with Crippen LogP contribution in [0.2, 0.25) is 5.02 Å². The number of rotatable bonds is 4. The van der Waals surface area contributed by atoms with E-state index >= 15 is 0 Å². The Morgan fingerprint density at radius 2 is 2.05 bits per heavy atom. The second-order valence-corrected chi connectivity index (χ2v) is 6.62. The Labute approximate surface area is 127 Å². The zero-order valence-electron chi connectivity index (χ0n) is 11.1. The Morgan fingerprint density at radius 3 is 2.80 bits per heavy atom. The van der Waals surface area contributed by atoms with E-state index in [0.29, 0.717) is 6.54 Å². The molecule has 0 saturated heterocycles. The van der Waals surface area contributed by atoms with Gasteiger partial charge in [0.2, 0.25) is 0 Å². The fourth-order valence-corrected chi connectivity index (χ4v) is 3.80. The van der Waals surface area contributed by atoms with Crippen molar-refractivity contribution in [1.29, 1.82) is 0 Å². The van der Waals surface area contributed by atoms with Crippen LogP contribution in [0.5, 0.6) is 0 Å². The van der Waals surface area contributed by atoms with Crippen molar-refractivity contribution in [2.75, 3.05) is 6.54 Å². The van der Waals surface area contributed by atoms with Gasteiger partial charge in [0, 0.05) is 16.4 Å². The molecule has 0 saturated carbocycles. The fraction of sp³-hybridized carbons (Fsp3) is 0.312. The largest absolute Gasteiger partial charge is 0.351 e. The van der Waals surface area contributed by atoms with Gasteiger partial charge in [-0.05, 0) is 55.0 Å². The summed E-state index contributed by atoms with van der Waals surface area (Å²) >= 11 is 7.49. The van der Waals surface area contributed by atoms with E-state index < -0.39 is 0 Å². The number of hydrogen-bond acceptors (Lipinski definition) is 2. The molecule has 104 valence electrons. The second kappa shape index (κ2) is 5.98. The van der Waals surface area contributed by atoms with Crippen molar-refractivity contribution < 1.29 is 4.79 Å². The van der Waals surface area contributed by atoms with E-state index in [4.69, 9.17) is 11.6 Å². The van der Waals surface area contributed by atoms with Crippen LogP contribution in [0.1, 0.15) is 32.1 Å². The molecule has 0 spiro atoms. The average molecular weight is 306 g/mol. The van der Waals surface area contributed by atoms with Crippen LogP contribution in [0.15, 0.2) is 30.3 Å². The molecule has 1 amide bonds. The van der Waals surface area contributed by atoms with Crippen molar-refractivity contribution in [2.24, 2.45) is 0 Å². The Kier molecular flexibility index (Phi) is 4.08. The van der Waals surface area contributed by atoms with E-state index in [-0.39, 0.29) is 5.91 Å². The molecule has 0 unspecified atom stereocenters. The van der Waals surface area contributed by atoms with E-state index in [9.17, 15) is 4.79 Å². The third-order valence-corrected chi connectivity index (χ3v) is 5.07. The number of halogens is 1. The van der Waals surface area contributed by atoms with Gasteiger partial charge in [-0.2, -0.15) is 0 Å². The monoisotopic (exact) mass is 305 g/mol. The maximum Gasteiger partial charge on any atom is 0.261 e. The molecule has 0 radical (unpaired) electrons. The van der Waals surface area contributed by atoms with Gasteiger partial charge in [-0.25, -0.2) is 0 Å². The number of nitrogens with one attached hydrogen (secondary N) is 1. The molecule has 1 aromatic heterocycles. The Balaban J connectivity index is 1.52. The van der Waals surface area contributed by atoms with Crippen molar-refractivity contribution in [2.45, 2.75) is 25.7 Å². The predicted molar refractivity (Wildman–Crippen MR) is 83.8 cm³/mol. The molecule has 0 bridgehead atoms. The highest BCUT2D eigenvalue weighted by Gasteiger charge is 2.17. The summed E-state index contributed by atoms with van der Waals surface area (Å²) in [6, 6.07) is 9.80. The minimum absolute atomic E-state index is 0.0540. The smallest absolute Gasteiger partial charge is 0.261 e. The van der Waals surface area contributed by atoms with E-state index in [1.165, 1.54) is 22.4 Å². The van der Waals surface area contributed by atoms with Gasteiger partial charge in [0.05, 0.1) is 4.88 Å². The van der Waals surface area contributed by atoms with Crippen molar-refractivity contribution in [1.82, 2.24) is 5.32 Å². The van der Waals surface area contributed by atoms with Crippen molar-refractivity contribution in [3.8, 4) is 0 Å². The molecule has 0 atom stereocenters. The van der Waals surface area contributed by atoms with E-state index in [1.807, 2.05) is 24.3 Å². The first kappa shape index (κ1) is 13.7. The summed E-state index contributed by atoms with van der Waals surface area (Å²) in [7, 11) is 0. The van der Waals surface area contributed by atoms with Crippen molar-refractivity contribution in [3.05, 3.63) is 56.2 Å². The van der Waals surface area contributed by atoms with Crippen LogP contribution >= 0.6 is 22.9 Å². The topological polar surface area (TPSA) is 29.1 Å². The first-order valence-corrected chi connectivity index (χ1v) is 8.06. The second-order valence-electron chi connectivity index (χ2n) is 5.04. The maximum absolute atomic E-state index is 12.1. The standard InChI is InChI=1S/C16H16ClNOS/c17-13-6-4-11(5-7-13)8-9-18-16(19)15-10-12-2-1-3-14(12)20-15/h4-7,10H,1-3,8-9H2,(H,18,19). The first-order chi connectivity index (χ1) is 9.72. The molecule has 1 aliphatic carbocycles. The van der Waals surface area contributed by atoms with Gasteiger partial charge in [0.15, 0.2) is 0 Å². The van der Waals surface area contributed by atoms with E-state index in [2.05, 4.69) is 11.4 Å². The number of benzene rings is 1. The maximum atomic E-state index is 12.1. The molecule has 1 heterocycles. The molecule has 1 aromatic carbocycles. The van der Waals surface area contributed by atoms with Gasteiger partial charge < -0.3 is 5.32 Å². The van der Waals surface area contributed by atoms with Gasteiger partial charge in [-0.3, -0.25) is 4.79 Å². The Morgan fingerprint density at radius 1 is 1.25 bits per heavy atom. The van der Waals surface area contributed by atoms with Crippen LogP contribution in [0.25, 0.3) is 0 Å². The summed E-state index contributed by atoms with van der Waals surface area (Å²) in [4.78, 5) is 14.3. The summed E-state index contributed by atoms with van der Waals surface area (Å²) in [5, 5.41) is 3.73. The van der Waals surface area contributed by atoms with Crippen molar-refractivity contribution in [3.63, 3.8) is 0 Å². The average Bonchev–Trinajstić information content (AvgIpc) is 3.02. The van der Waals surface area contributed by atoms with Gasteiger partial charge in [-0.15, -0.1) is 11.3 Å². The Hall–Kier alpha value is -1.32. The van der Waals surface area contributed by atoms with E-state index in [1.54, 1.807) is 11.3 Å². The zero-order chi connectivity index (χ0) is 13.9. The third-order valence-electron chi connectivity index (χ3n) is 3.58. The highest BCUT2D eigenvalue weighted by Crippen LogP contribution is 2.30. The molecule has 1 N–H and O–H groups in total. The van der Waals surface area contributed by atoms with Crippen LogP contribution in [0, 0.1) is 0 Å². The lowest BCUT2D eigenvalue weighted by Crippen LogP contribution is -2.24. The molecule has 2 aromatic rings. The fourth-order valence-electron chi connectivity index (χ4n) is 2.50. The molecule has 1 aliphatic rings. The molecule has 3 rings (SSSR count). The first-order valence-electron chi connectivity index (χ1n) is 6.86. The van der Waals surface area contributed by atoms with Gasteiger partial charge in [0.25, 0.3) is 5.91 Å². The van der Waals surface area contributed by atoms with Gasteiger partial charge in [0.1, 0.15) is 0 Å². The van der Waals surface area contributed by atoms with Gasteiger partial charge >= 0.3 is 0 Å². The summed E-state index contributed by atoms with van der Waals surface area (Å²) in [6.45, 7) is 0.656. The number of hydrogen-bond donors (Lipinski definition) is 1. The number of aryl methyl sites for hydroxylation is 2. The summed E-state index contributed by atoms with van der Waals surface area (Å²) < 4.78 is 0. The summed E-state index contributed by atoms with van der Waals surface area (Å²) in [5.74, 6) is 0.0540. The van der Waals surface area contributed by atoms with Crippen LogP contribution in [0.3, 0.4) is 0 Å². The Bertz CT molecular complexity index is 596. The molecule has 4 heteroatoms. The van der Waals surface area contributed by atoms with Crippen LogP contribution in [-0.2, 0) is 19.3 Å². The number of carbonyl (C=O) groups excluding carboxylic acids is 1. The highest BCUT2D eigenvalue weighted by molar-refractivity contribution is 7.14. The summed E-state index contributed by atoms with van der Waals surface area (Å²) in [6.07, 6.45) is 4.33. The molecule has 20 heavy (non-hydrogen) atoms. The lowest BCUT2D eigenvalue weighted by Gasteiger charge is -2.04. The third kappa shape index (κ3) is 3.05. The molecular weight excluding hydrogens is 290 g/mol. The lowest BCUT2D eigenvalue weighted by atomic mass is 10.1. The number of fused-ring (bicyclic) bond motifs is 1. The summed E-state index contributed by atoms with van der Waals surface area (Å²) in [5.41, 5.74) is 2.56. The van der Waals surface area contributed by atoms with Crippen molar-refractivity contribution >= 4 is 28.8 Å². The number of carbonyl (C=O) groups is 1. The predicted octanol–water partition coefficient (Wildman–Crippen LogP) is 3.86. The lowest BCUT2D eigenvalue weighted by molar-refractivity contribution is 0.0958. The normalized spacial score (nSPS) is 13.2. The van der Waals surface area contributed by atoms with Crippen LogP contribution in [0.4, 0.5) is 0 Å². The quantitative estimate of drug-likeness (QED) is 0.913. The minimum atomic E-state index is 0.0540. The van der Waals surface area contributed by atoms with E-state index in [0.717, 1.165) is 29.2 Å². The highest BCUT2D eigenvalue weighted by atomic mass is 35.5. The minimum Gasteiger partial charge on any atom is -0.351 e. The number of thiophene rings is 1. The number of amides is 1. The molecule has 0 fully saturated rings. The van der Waals surface area contributed by atoms with Crippen LogP contribution in [-0.4, -0.2) is 12.5 Å².